The summed E-state index contributed by atoms with van der Waals surface area (Å²) in [6.45, 7) is 1.70. The molecule has 1 amide bonds. The van der Waals surface area contributed by atoms with E-state index >= 15 is 0 Å². The summed E-state index contributed by atoms with van der Waals surface area (Å²) >= 11 is 0. The standard InChI is InChI=1S/C17H15N3O4/c1-12-11-17(22,13-7-3-2-4-8-13)19(18-12)16(21)14-9-5-6-10-15(14)20(23)24/h2-10,22H,11H2,1H3/t17-/m1/s1. The molecule has 0 aromatic heterocycles. The fraction of sp³-hybridized carbons (Fsp3) is 0.176. The van der Waals surface area contributed by atoms with Crippen molar-refractivity contribution in [3.8, 4) is 0 Å². The fourth-order valence-electron chi connectivity index (χ4n) is 2.79. The molecule has 0 spiro atoms. The molecule has 0 unspecified atom stereocenters. The molecule has 0 saturated carbocycles. The van der Waals surface area contributed by atoms with Gasteiger partial charge in [0.25, 0.3) is 11.6 Å². The highest BCUT2D eigenvalue weighted by atomic mass is 16.6. The average Bonchev–Trinajstić information content (AvgIpc) is 2.91. The number of carbonyl (C=O) groups is 1. The summed E-state index contributed by atoms with van der Waals surface area (Å²) in [5.74, 6) is -0.717. The van der Waals surface area contributed by atoms with Crippen molar-refractivity contribution in [3.63, 3.8) is 0 Å². The van der Waals surface area contributed by atoms with Crippen LogP contribution in [0.3, 0.4) is 0 Å². The predicted octanol–water partition coefficient (Wildman–Crippen LogP) is 2.66. The molecule has 7 heteroatoms. The summed E-state index contributed by atoms with van der Waals surface area (Å²) in [4.78, 5) is 23.4. The first-order valence-corrected chi connectivity index (χ1v) is 7.33. The van der Waals surface area contributed by atoms with E-state index in [1.165, 1.54) is 24.3 Å². The number of para-hydroxylation sites is 1. The van der Waals surface area contributed by atoms with Crippen LogP contribution in [0.25, 0.3) is 0 Å². The lowest BCUT2D eigenvalue weighted by Crippen LogP contribution is -2.43. The molecule has 1 N–H and O–H groups in total. The van der Waals surface area contributed by atoms with Gasteiger partial charge in [-0.1, -0.05) is 42.5 Å². The number of nitrogens with zero attached hydrogens (tertiary/aromatic N) is 3. The van der Waals surface area contributed by atoms with E-state index in [0.29, 0.717) is 11.3 Å². The molecule has 1 aliphatic rings. The highest BCUT2D eigenvalue weighted by molar-refractivity contribution is 6.00. The number of hydrogen-bond donors (Lipinski definition) is 1. The van der Waals surface area contributed by atoms with Crippen molar-refractivity contribution in [1.29, 1.82) is 0 Å². The van der Waals surface area contributed by atoms with Gasteiger partial charge in [0.15, 0.2) is 5.72 Å². The summed E-state index contributed by atoms with van der Waals surface area (Å²) in [5.41, 5.74) is -1.04. The number of nitro groups is 1. The van der Waals surface area contributed by atoms with Crippen LogP contribution in [0.4, 0.5) is 5.69 Å². The topological polar surface area (TPSA) is 96.0 Å². The zero-order chi connectivity index (χ0) is 17.3. The van der Waals surface area contributed by atoms with Crippen molar-refractivity contribution in [3.05, 3.63) is 75.8 Å². The quantitative estimate of drug-likeness (QED) is 0.693. The number of nitro benzene ring substituents is 1. The SMILES string of the molecule is CC1=NN(C(=O)c2ccccc2[N+](=O)[O-])[C@](O)(c2ccccc2)C1. The Hall–Kier alpha value is -3.06. The second kappa shape index (κ2) is 5.86. The lowest BCUT2D eigenvalue weighted by atomic mass is 9.97. The van der Waals surface area contributed by atoms with Gasteiger partial charge in [-0.3, -0.25) is 14.9 Å². The number of hydrogen-bond acceptors (Lipinski definition) is 5. The van der Waals surface area contributed by atoms with E-state index in [-0.39, 0.29) is 17.7 Å². The highest BCUT2D eigenvalue weighted by Gasteiger charge is 2.46. The first-order valence-electron chi connectivity index (χ1n) is 7.33. The summed E-state index contributed by atoms with van der Waals surface area (Å²) in [6, 6.07) is 14.3. The minimum atomic E-state index is -1.66. The summed E-state index contributed by atoms with van der Waals surface area (Å²) in [5, 5.41) is 27.3. The van der Waals surface area contributed by atoms with Gasteiger partial charge in [-0.05, 0) is 13.0 Å². The average molecular weight is 325 g/mol. The van der Waals surface area contributed by atoms with Crippen LogP contribution in [0.15, 0.2) is 59.7 Å². The third-order valence-electron chi connectivity index (χ3n) is 3.88. The zero-order valence-electron chi connectivity index (χ0n) is 12.9. The molecule has 7 nitrogen and oxygen atoms in total. The van der Waals surface area contributed by atoms with Crippen molar-refractivity contribution >= 4 is 17.3 Å². The van der Waals surface area contributed by atoms with Gasteiger partial charge in [0.1, 0.15) is 5.56 Å². The van der Waals surface area contributed by atoms with Crippen molar-refractivity contribution in [2.45, 2.75) is 19.1 Å². The molecule has 122 valence electrons. The third kappa shape index (κ3) is 2.55. The van der Waals surface area contributed by atoms with Gasteiger partial charge in [-0.25, -0.2) is 0 Å². The molecule has 0 radical (unpaired) electrons. The van der Waals surface area contributed by atoms with Crippen LogP contribution in [-0.4, -0.2) is 26.7 Å². The Bertz CT molecular complexity index is 835. The lowest BCUT2D eigenvalue weighted by molar-refractivity contribution is -0.385. The van der Waals surface area contributed by atoms with Gasteiger partial charge in [0, 0.05) is 23.8 Å². The van der Waals surface area contributed by atoms with E-state index in [4.69, 9.17) is 0 Å². The molecule has 0 saturated heterocycles. The van der Waals surface area contributed by atoms with E-state index in [1.54, 1.807) is 37.3 Å². The fourth-order valence-corrected chi connectivity index (χ4v) is 2.79. The Labute approximate surface area is 138 Å². The molecule has 0 bridgehead atoms. The van der Waals surface area contributed by atoms with E-state index in [1.807, 2.05) is 0 Å². The molecule has 2 aromatic carbocycles. The summed E-state index contributed by atoms with van der Waals surface area (Å²) < 4.78 is 0. The van der Waals surface area contributed by atoms with Crippen molar-refractivity contribution in [1.82, 2.24) is 5.01 Å². The maximum atomic E-state index is 12.9. The van der Waals surface area contributed by atoms with Gasteiger partial charge in [-0.2, -0.15) is 10.1 Å². The molecule has 1 aliphatic heterocycles. The monoisotopic (exact) mass is 325 g/mol. The molecule has 3 rings (SSSR count). The highest BCUT2D eigenvalue weighted by Crippen LogP contribution is 2.37. The maximum Gasteiger partial charge on any atom is 0.283 e. The number of rotatable bonds is 3. The van der Waals surface area contributed by atoms with Gasteiger partial charge in [0.05, 0.1) is 4.92 Å². The summed E-state index contributed by atoms with van der Waals surface area (Å²) in [6.07, 6.45) is 0.142. The molecule has 1 heterocycles. The molecule has 0 aliphatic carbocycles. The predicted molar refractivity (Wildman–Crippen MR) is 87.3 cm³/mol. The molecular formula is C17H15N3O4. The van der Waals surface area contributed by atoms with E-state index in [9.17, 15) is 20.0 Å². The number of aliphatic hydroxyl groups is 1. The van der Waals surface area contributed by atoms with Gasteiger partial charge < -0.3 is 5.11 Å². The van der Waals surface area contributed by atoms with Crippen LogP contribution in [0.5, 0.6) is 0 Å². The van der Waals surface area contributed by atoms with E-state index < -0.39 is 16.6 Å². The maximum absolute atomic E-state index is 12.9. The molecule has 24 heavy (non-hydrogen) atoms. The minimum Gasteiger partial charge on any atom is -0.365 e. The Morgan fingerprint density at radius 2 is 1.83 bits per heavy atom. The molecule has 1 atom stereocenters. The van der Waals surface area contributed by atoms with Gasteiger partial charge in [-0.15, -0.1) is 0 Å². The van der Waals surface area contributed by atoms with Crippen LogP contribution in [0.1, 0.15) is 29.3 Å². The first-order chi connectivity index (χ1) is 11.4. The van der Waals surface area contributed by atoms with Gasteiger partial charge in [0.2, 0.25) is 0 Å². The minimum absolute atomic E-state index is 0.115. The molecule has 0 fully saturated rings. The lowest BCUT2D eigenvalue weighted by Gasteiger charge is -2.31. The van der Waals surface area contributed by atoms with E-state index in [2.05, 4.69) is 5.10 Å². The number of carbonyl (C=O) groups excluding carboxylic acids is 1. The zero-order valence-corrected chi connectivity index (χ0v) is 12.9. The normalized spacial score (nSPS) is 19.9. The number of hydrazone groups is 1. The van der Waals surface area contributed by atoms with Crippen LogP contribution in [0, 0.1) is 10.1 Å². The second-order valence-corrected chi connectivity index (χ2v) is 5.59. The van der Waals surface area contributed by atoms with Crippen LogP contribution >= 0.6 is 0 Å². The first kappa shape index (κ1) is 15.8. The Morgan fingerprint density at radius 3 is 2.50 bits per heavy atom. The Kier molecular flexibility index (Phi) is 3.86. The Morgan fingerprint density at radius 1 is 1.21 bits per heavy atom. The van der Waals surface area contributed by atoms with Crippen LogP contribution in [0.2, 0.25) is 0 Å². The molecular weight excluding hydrogens is 310 g/mol. The Balaban J connectivity index is 2.07. The largest absolute Gasteiger partial charge is 0.365 e. The number of amides is 1. The van der Waals surface area contributed by atoms with Crippen LogP contribution in [-0.2, 0) is 5.72 Å². The summed E-state index contributed by atoms with van der Waals surface area (Å²) in [7, 11) is 0. The van der Waals surface area contributed by atoms with Crippen molar-refractivity contribution in [2.24, 2.45) is 5.10 Å². The van der Waals surface area contributed by atoms with Crippen molar-refractivity contribution < 1.29 is 14.8 Å². The van der Waals surface area contributed by atoms with Gasteiger partial charge >= 0.3 is 0 Å². The van der Waals surface area contributed by atoms with E-state index in [0.717, 1.165) is 5.01 Å². The van der Waals surface area contributed by atoms with Crippen molar-refractivity contribution in [2.75, 3.05) is 0 Å². The second-order valence-electron chi connectivity index (χ2n) is 5.59. The van der Waals surface area contributed by atoms with Crippen LogP contribution < -0.4 is 0 Å². The number of benzene rings is 2. The smallest absolute Gasteiger partial charge is 0.283 e. The molecule has 2 aromatic rings. The third-order valence-corrected chi connectivity index (χ3v) is 3.88.